The minimum Gasteiger partial charge on any atom is -0.207 e. The van der Waals surface area contributed by atoms with Gasteiger partial charge in [0.25, 0.3) is 0 Å². The molecule has 0 saturated heterocycles. The molecule has 5 aromatic rings. The maximum atomic E-state index is 12.7. The molecule has 0 aliphatic carbocycles. The van der Waals surface area contributed by atoms with Crippen LogP contribution in [0, 0.1) is 17.5 Å². The third-order valence-corrected chi connectivity index (χ3v) is 10.1. The quantitative estimate of drug-likeness (QED) is 0.136. The fourth-order valence-electron chi connectivity index (χ4n) is 5.62. The normalized spacial score (nSPS) is 12.8. The Hall–Kier alpha value is -4.95. The highest BCUT2D eigenvalue weighted by Crippen LogP contribution is 2.39. The first-order valence-electron chi connectivity index (χ1n) is 21.5. The average Bonchev–Trinajstić information content (AvgIpc) is 3.17. The molecule has 0 heterocycles. The van der Waals surface area contributed by atoms with Gasteiger partial charge in [0.15, 0.2) is 11.6 Å². The molecule has 69 heavy (non-hydrogen) atoms. The SMILES string of the molecule is CC(C)(C)c1cc(C(F)(F)F)cc(C(F)(F)F)c1.CC(C)(C)c1ccc(C(F)(F)F)cc1.CC(C)(C)c1ccc(F)c(F)c1.CC(C)(C)c1ccc(F)cc1.CC(C)(C)c1cccc(C(F)(F)F)c1. The zero-order valence-corrected chi connectivity index (χ0v) is 41.6. The third kappa shape index (κ3) is 21.7. The van der Waals surface area contributed by atoms with Gasteiger partial charge in [-0.25, -0.2) is 13.2 Å². The number of halogens is 15. The van der Waals surface area contributed by atoms with Crippen LogP contribution in [0.1, 0.15) is 154 Å². The molecule has 0 aliphatic heterocycles. The molecule has 0 radical (unpaired) electrons. The summed E-state index contributed by atoms with van der Waals surface area (Å²) in [4.78, 5) is 0. The van der Waals surface area contributed by atoms with Crippen LogP contribution < -0.4 is 0 Å². The second-order valence-electron chi connectivity index (χ2n) is 21.3. The molecule has 0 saturated carbocycles. The van der Waals surface area contributed by atoms with Crippen LogP contribution >= 0.6 is 0 Å². The lowest BCUT2D eigenvalue weighted by molar-refractivity contribution is -0.143. The van der Waals surface area contributed by atoms with Gasteiger partial charge in [0.1, 0.15) is 5.82 Å². The molecule has 0 atom stereocenters. The van der Waals surface area contributed by atoms with Crippen LogP contribution in [0.15, 0.2) is 109 Å². The molecular weight excluding hydrogens is 934 g/mol. The van der Waals surface area contributed by atoms with Gasteiger partial charge in [0.05, 0.1) is 22.3 Å². The lowest BCUT2D eigenvalue weighted by atomic mass is 9.85. The molecule has 15 heteroatoms. The van der Waals surface area contributed by atoms with Crippen molar-refractivity contribution in [1.29, 1.82) is 0 Å². The van der Waals surface area contributed by atoms with Gasteiger partial charge in [0.2, 0.25) is 0 Å². The summed E-state index contributed by atoms with van der Waals surface area (Å²) in [5.41, 5.74) is -1.29. The topological polar surface area (TPSA) is 0 Å². The standard InChI is InChI=1S/C12H12F6.2C11H13F3.C10H12F2.C10H13F/c1-10(2,3)7-4-8(11(13,14)15)6-9(5-7)12(16,17)18;1-10(2,3)8-4-6-9(7-5-8)11(12,13)14;1-10(2,3)8-5-4-6-9(7-8)11(12,13)14;1-10(2,3)7-4-5-8(11)9(12)6-7;1-10(2,3)8-4-6-9(11)7-5-8/h4-6H,1-3H3;2*4-7H,1-3H3;4-6H,1-3H3;4-7H,1-3H3. The third-order valence-electron chi connectivity index (χ3n) is 10.1. The van der Waals surface area contributed by atoms with E-state index in [1.807, 2.05) is 74.4 Å². The summed E-state index contributed by atoms with van der Waals surface area (Å²) in [6, 6.07) is 23.1. The van der Waals surface area contributed by atoms with Crippen molar-refractivity contribution in [3.63, 3.8) is 0 Å². The van der Waals surface area contributed by atoms with Crippen molar-refractivity contribution in [2.24, 2.45) is 0 Å². The molecular formula is C54H63F15. The average molecular weight is 997 g/mol. The fraction of sp³-hybridized carbons (Fsp3) is 0.444. The Morgan fingerprint density at radius 2 is 0.493 bits per heavy atom. The first kappa shape index (κ1) is 62.1. The van der Waals surface area contributed by atoms with E-state index in [0.717, 1.165) is 47.5 Å². The summed E-state index contributed by atoms with van der Waals surface area (Å²) in [6.45, 7) is 28.5. The number of hydrogen-bond acceptors (Lipinski definition) is 0. The van der Waals surface area contributed by atoms with Gasteiger partial charge in [-0.05, 0) is 116 Å². The predicted octanol–water partition coefficient (Wildman–Crippen LogP) is 19.4. The van der Waals surface area contributed by atoms with E-state index in [9.17, 15) is 65.9 Å². The maximum absolute atomic E-state index is 12.7. The van der Waals surface area contributed by atoms with E-state index < -0.39 is 64.0 Å². The van der Waals surface area contributed by atoms with Crippen LogP contribution in [0.25, 0.3) is 0 Å². The van der Waals surface area contributed by atoms with Gasteiger partial charge in [-0.2, -0.15) is 52.7 Å². The van der Waals surface area contributed by atoms with E-state index in [1.54, 1.807) is 32.9 Å². The number of rotatable bonds is 0. The molecule has 0 amide bonds. The highest BCUT2D eigenvalue weighted by atomic mass is 19.4. The van der Waals surface area contributed by atoms with Crippen molar-refractivity contribution in [3.8, 4) is 0 Å². The molecule has 0 aromatic heterocycles. The smallest absolute Gasteiger partial charge is 0.207 e. The van der Waals surface area contributed by atoms with Gasteiger partial charge in [0, 0.05) is 0 Å². The first-order chi connectivity index (χ1) is 30.6. The molecule has 0 fully saturated rings. The molecule has 384 valence electrons. The van der Waals surface area contributed by atoms with Crippen molar-refractivity contribution < 1.29 is 65.9 Å². The number of alkyl halides is 12. The highest BCUT2D eigenvalue weighted by Gasteiger charge is 2.38. The van der Waals surface area contributed by atoms with Gasteiger partial charge in [-0.1, -0.05) is 152 Å². The summed E-state index contributed by atoms with van der Waals surface area (Å²) in [7, 11) is 0. The monoisotopic (exact) mass is 996 g/mol. The summed E-state index contributed by atoms with van der Waals surface area (Å²) in [5.74, 6) is -1.73. The van der Waals surface area contributed by atoms with Crippen LogP contribution in [0.2, 0.25) is 0 Å². The zero-order valence-electron chi connectivity index (χ0n) is 41.6. The molecule has 0 unspecified atom stereocenters. The Bertz CT molecular complexity index is 2200. The second-order valence-corrected chi connectivity index (χ2v) is 21.3. The molecule has 5 aromatic carbocycles. The Labute approximate surface area is 397 Å². The van der Waals surface area contributed by atoms with E-state index in [2.05, 4.69) is 20.8 Å². The summed E-state index contributed by atoms with van der Waals surface area (Å²) in [5, 5.41) is 0. The van der Waals surface area contributed by atoms with Crippen LogP contribution in [-0.4, -0.2) is 0 Å². The Kier molecular flexibility index (Phi) is 20.6. The Morgan fingerprint density at radius 1 is 0.232 bits per heavy atom. The summed E-state index contributed by atoms with van der Waals surface area (Å²) < 4.78 is 187. The van der Waals surface area contributed by atoms with Crippen molar-refractivity contribution in [1.82, 2.24) is 0 Å². The van der Waals surface area contributed by atoms with Crippen molar-refractivity contribution in [3.05, 3.63) is 177 Å². The highest BCUT2D eigenvalue weighted by molar-refractivity contribution is 5.37. The van der Waals surface area contributed by atoms with Crippen molar-refractivity contribution in [2.75, 3.05) is 0 Å². The van der Waals surface area contributed by atoms with Crippen molar-refractivity contribution in [2.45, 2.75) is 156 Å². The number of hydrogen-bond donors (Lipinski definition) is 0. The predicted molar refractivity (Wildman–Crippen MR) is 246 cm³/mol. The lowest BCUT2D eigenvalue weighted by Gasteiger charge is -2.22. The van der Waals surface area contributed by atoms with E-state index in [-0.39, 0.29) is 39.1 Å². The molecule has 0 nitrogen and oxygen atoms in total. The molecule has 0 N–H and O–H groups in total. The van der Waals surface area contributed by atoms with Gasteiger partial charge >= 0.3 is 24.7 Å². The fourth-order valence-corrected chi connectivity index (χ4v) is 5.62. The van der Waals surface area contributed by atoms with Gasteiger partial charge < -0.3 is 0 Å². The van der Waals surface area contributed by atoms with Crippen molar-refractivity contribution >= 4 is 0 Å². The van der Waals surface area contributed by atoms with Crippen LogP contribution in [0.4, 0.5) is 65.9 Å². The lowest BCUT2D eigenvalue weighted by Crippen LogP contribution is -2.17. The molecule has 0 aliphatic rings. The van der Waals surface area contributed by atoms with E-state index in [1.165, 1.54) is 48.0 Å². The summed E-state index contributed by atoms with van der Waals surface area (Å²) in [6.07, 6.45) is -18.1. The maximum Gasteiger partial charge on any atom is 0.416 e. The van der Waals surface area contributed by atoms with Crippen LogP contribution in [0.5, 0.6) is 0 Å². The van der Waals surface area contributed by atoms with E-state index in [4.69, 9.17) is 0 Å². The van der Waals surface area contributed by atoms with Crippen LogP contribution in [-0.2, 0) is 51.8 Å². The molecule has 0 bridgehead atoms. The van der Waals surface area contributed by atoms with Gasteiger partial charge in [-0.3, -0.25) is 0 Å². The van der Waals surface area contributed by atoms with Crippen LogP contribution in [0.3, 0.4) is 0 Å². The minimum atomic E-state index is -4.79. The van der Waals surface area contributed by atoms with E-state index in [0.29, 0.717) is 5.56 Å². The largest absolute Gasteiger partial charge is 0.416 e. The minimum absolute atomic E-state index is 0.00431. The zero-order chi connectivity index (χ0) is 54.2. The van der Waals surface area contributed by atoms with E-state index >= 15 is 0 Å². The molecule has 0 spiro atoms. The Morgan fingerprint density at radius 3 is 0.812 bits per heavy atom. The summed E-state index contributed by atoms with van der Waals surface area (Å²) >= 11 is 0. The Balaban J connectivity index is 0.000000435. The van der Waals surface area contributed by atoms with Gasteiger partial charge in [-0.15, -0.1) is 0 Å². The number of benzene rings is 5. The first-order valence-corrected chi connectivity index (χ1v) is 21.5. The molecule has 5 rings (SSSR count). The second kappa shape index (κ2) is 22.9.